The smallest absolute Gasteiger partial charge is 0.337 e. The van der Waals surface area contributed by atoms with Crippen LogP contribution in [0.4, 0.5) is 0 Å². The van der Waals surface area contributed by atoms with Crippen molar-refractivity contribution < 1.29 is 9.90 Å². The molecule has 0 atom stereocenters. The first-order valence-corrected chi connectivity index (χ1v) is 3.98. The first kappa shape index (κ1) is 8.43. The van der Waals surface area contributed by atoms with E-state index in [0.717, 1.165) is 0 Å². The topological polar surface area (TPSA) is 78.9 Å². The van der Waals surface area contributed by atoms with Gasteiger partial charge in [0.15, 0.2) is 0 Å². The van der Waals surface area contributed by atoms with Gasteiger partial charge in [-0.05, 0) is 18.2 Å². The van der Waals surface area contributed by atoms with Crippen LogP contribution in [0.15, 0.2) is 30.6 Å². The first-order chi connectivity index (χ1) is 6.79. The minimum atomic E-state index is -0.980. The Morgan fingerprint density at radius 1 is 1.43 bits per heavy atom. The number of nitrogens with zero attached hydrogens (tertiary/aromatic N) is 2. The standard InChI is InChI=1S/C9H7N3O2/c13-9(14)6-3-5-10-8(6)7-2-1-4-11-12-7/h1-5,10H,(H,13,14). The van der Waals surface area contributed by atoms with Gasteiger partial charge in [-0.2, -0.15) is 5.10 Å². The number of aromatic nitrogens is 3. The molecule has 2 aromatic rings. The summed E-state index contributed by atoms with van der Waals surface area (Å²) in [5.74, 6) is -0.980. The Kier molecular flexibility index (Phi) is 1.98. The van der Waals surface area contributed by atoms with Crippen LogP contribution in [0.25, 0.3) is 11.4 Å². The van der Waals surface area contributed by atoms with Crippen molar-refractivity contribution in [3.63, 3.8) is 0 Å². The van der Waals surface area contributed by atoms with Crippen LogP contribution in [0.5, 0.6) is 0 Å². The van der Waals surface area contributed by atoms with Crippen LogP contribution in [-0.4, -0.2) is 26.3 Å². The Balaban J connectivity index is 2.52. The lowest BCUT2D eigenvalue weighted by Gasteiger charge is -1.97. The second-order valence-electron chi connectivity index (χ2n) is 2.68. The molecule has 2 heterocycles. The van der Waals surface area contributed by atoms with E-state index in [1.54, 1.807) is 18.3 Å². The number of hydrogen-bond donors (Lipinski definition) is 2. The molecule has 0 saturated heterocycles. The molecular formula is C9H7N3O2. The summed E-state index contributed by atoms with van der Waals surface area (Å²) in [5.41, 5.74) is 1.20. The van der Waals surface area contributed by atoms with E-state index in [2.05, 4.69) is 15.2 Å². The molecule has 5 heteroatoms. The predicted molar refractivity (Wildman–Crippen MR) is 48.8 cm³/mol. The molecule has 0 spiro atoms. The van der Waals surface area contributed by atoms with E-state index in [9.17, 15) is 4.79 Å². The van der Waals surface area contributed by atoms with Gasteiger partial charge in [0.05, 0.1) is 11.3 Å². The summed E-state index contributed by atoms with van der Waals surface area (Å²) in [7, 11) is 0. The summed E-state index contributed by atoms with van der Waals surface area (Å²) < 4.78 is 0. The average molecular weight is 189 g/mol. The van der Waals surface area contributed by atoms with Crippen LogP contribution >= 0.6 is 0 Å². The Morgan fingerprint density at radius 3 is 2.93 bits per heavy atom. The van der Waals surface area contributed by atoms with Gasteiger partial charge in [-0.25, -0.2) is 4.79 Å². The molecule has 2 aromatic heterocycles. The molecule has 70 valence electrons. The molecular weight excluding hydrogens is 182 g/mol. The molecule has 0 amide bonds. The second-order valence-corrected chi connectivity index (χ2v) is 2.68. The van der Waals surface area contributed by atoms with Crippen molar-refractivity contribution in [2.45, 2.75) is 0 Å². The minimum Gasteiger partial charge on any atom is -0.478 e. The maximum absolute atomic E-state index is 10.8. The molecule has 2 N–H and O–H groups in total. The van der Waals surface area contributed by atoms with E-state index in [1.165, 1.54) is 12.3 Å². The highest BCUT2D eigenvalue weighted by molar-refractivity contribution is 5.94. The number of rotatable bonds is 2. The molecule has 0 aliphatic carbocycles. The summed E-state index contributed by atoms with van der Waals surface area (Å²) in [4.78, 5) is 13.6. The van der Waals surface area contributed by atoms with Crippen molar-refractivity contribution >= 4 is 5.97 Å². The fourth-order valence-electron chi connectivity index (χ4n) is 1.19. The summed E-state index contributed by atoms with van der Waals surface area (Å²) in [6, 6.07) is 4.90. The van der Waals surface area contributed by atoms with Crippen LogP contribution in [0.2, 0.25) is 0 Å². The van der Waals surface area contributed by atoms with E-state index in [1.807, 2.05) is 0 Å². The molecule has 0 aromatic carbocycles. The van der Waals surface area contributed by atoms with Crippen LogP contribution in [-0.2, 0) is 0 Å². The molecule has 0 fully saturated rings. The third-order valence-electron chi connectivity index (χ3n) is 1.81. The largest absolute Gasteiger partial charge is 0.478 e. The maximum Gasteiger partial charge on any atom is 0.337 e. The van der Waals surface area contributed by atoms with E-state index < -0.39 is 5.97 Å². The van der Waals surface area contributed by atoms with Gasteiger partial charge < -0.3 is 10.1 Å². The Hall–Kier alpha value is -2.17. The SMILES string of the molecule is O=C(O)c1cc[nH]c1-c1cccnn1. The third-order valence-corrected chi connectivity index (χ3v) is 1.81. The number of carbonyl (C=O) groups is 1. The monoisotopic (exact) mass is 189 g/mol. The molecule has 0 bridgehead atoms. The highest BCUT2D eigenvalue weighted by atomic mass is 16.4. The van der Waals surface area contributed by atoms with E-state index in [4.69, 9.17) is 5.11 Å². The second kappa shape index (κ2) is 3.29. The Bertz CT molecular complexity index is 450. The van der Waals surface area contributed by atoms with Gasteiger partial charge >= 0.3 is 5.97 Å². The predicted octanol–water partition coefficient (Wildman–Crippen LogP) is 1.17. The molecule has 0 radical (unpaired) electrons. The van der Waals surface area contributed by atoms with Crippen molar-refractivity contribution in [1.82, 2.24) is 15.2 Å². The van der Waals surface area contributed by atoms with Gasteiger partial charge in [-0.3, -0.25) is 0 Å². The summed E-state index contributed by atoms with van der Waals surface area (Å²) in [6.45, 7) is 0. The number of nitrogens with one attached hydrogen (secondary N) is 1. The Labute approximate surface area is 79.4 Å². The number of carboxylic acids is 1. The fraction of sp³-hybridized carbons (Fsp3) is 0. The molecule has 0 aliphatic rings. The summed E-state index contributed by atoms with van der Waals surface area (Å²) in [5, 5.41) is 16.3. The van der Waals surface area contributed by atoms with Crippen LogP contribution in [0.1, 0.15) is 10.4 Å². The molecule has 0 saturated carbocycles. The van der Waals surface area contributed by atoms with Crippen LogP contribution < -0.4 is 0 Å². The van der Waals surface area contributed by atoms with Crippen molar-refractivity contribution in [3.8, 4) is 11.4 Å². The lowest BCUT2D eigenvalue weighted by molar-refractivity contribution is 0.0698. The molecule has 0 unspecified atom stereocenters. The Morgan fingerprint density at radius 2 is 2.29 bits per heavy atom. The number of carboxylic acid groups (broad SMARTS) is 1. The lowest BCUT2D eigenvalue weighted by atomic mass is 10.2. The zero-order chi connectivity index (χ0) is 9.97. The highest BCUT2D eigenvalue weighted by Gasteiger charge is 2.13. The zero-order valence-electron chi connectivity index (χ0n) is 7.14. The van der Waals surface area contributed by atoms with Crippen LogP contribution in [0, 0.1) is 0 Å². The van der Waals surface area contributed by atoms with Crippen molar-refractivity contribution in [2.75, 3.05) is 0 Å². The normalized spacial score (nSPS) is 10.0. The average Bonchev–Trinajstić information content (AvgIpc) is 2.67. The van der Waals surface area contributed by atoms with Gasteiger partial charge in [0, 0.05) is 12.4 Å². The van der Waals surface area contributed by atoms with Crippen molar-refractivity contribution in [1.29, 1.82) is 0 Å². The van der Waals surface area contributed by atoms with Gasteiger partial charge in [0.25, 0.3) is 0 Å². The summed E-state index contributed by atoms with van der Waals surface area (Å²) >= 11 is 0. The number of aromatic carboxylic acids is 1. The molecule has 5 nitrogen and oxygen atoms in total. The number of hydrogen-bond acceptors (Lipinski definition) is 3. The van der Waals surface area contributed by atoms with E-state index in [-0.39, 0.29) is 5.56 Å². The van der Waals surface area contributed by atoms with Gasteiger partial charge in [0.1, 0.15) is 5.69 Å². The molecule has 14 heavy (non-hydrogen) atoms. The molecule has 2 rings (SSSR count). The molecule has 0 aliphatic heterocycles. The lowest BCUT2D eigenvalue weighted by Crippen LogP contribution is -1.98. The van der Waals surface area contributed by atoms with Crippen LogP contribution in [0.3, 0.4) is 0 Å². The van der Waals surface area contributed by atoms with Crippen molar-refractivity contribution in [3.05, 3.63) is 36.2 Å². The highest BCUT2D eigenvalue weighted by Crippen LogP contribution is 2.18. The third kappa shape index (κ3) is 1.35. The minimum absolute atomic E-state index is 0.200. The van der Waals surface area contributed by atoms with Gasteiger partial charge in [0.2, 0.25) is 0 Å². The zero-order valence-corrected chi connectivity index (χ0v) is 7.14. The number of aromatic amines is 1. The van der Waals surface area contributed by atoms with Gasteiger partial charge in [-0.1, -0.05) is 0 Å². The summed E-state index contributed by atoms with van der Waals surface area (Å²) in [6.07, 6.45) is 3.10. The van der Waals surface area contributed by atoms with Crippen molar-refractivity contribution in [2.24, 2.45) is 0 Å². The fourth-order valence-corrected chi connectivity index (χ4v) is 1.19. The number of H-pyrrole nitrogens is 1. The van der Waals surface area contributed by atoms with Gasteiger partial charge in [-0.15, -0.1) is 5.10 Å². The quantitative estimate of drug-likeness (QED) is 0.743. The van der Waals surface area contributed by atoms with E-state index in [0.29, 0.717) is 11.4 Å². The first-order valence-electron chi connectivity index (χ1n) is 3.98. The maximum atomic E-state index is 10.8. The van der Waals surface area contributed by atoms with E-state index >= 15 is 0 Å².